The van der Waals surface area contributed by atoms with E-state index in [9.17, 15) is 15.2 Å². The Morgan fingerprint density at radius 3 is 2.88 bits per heavy atom. The van der Waals surface area contributed by atoms with Crippen LogP contribution in [0, 0.1) is 23.0 Å². The van der Waals surface area contributed by atoms with Crippen LogP contribution in [0.3, 0.4) is 0 Å². The van der Waals surface area contributed by atoms with Crippen LogP contribution in [0.5, 0.6) is 5.75 Å². The van der Waals surface area contributed by atoms with Gasteiger partial charge in [-0.1, -0.05) is 24.6 Å². The molecule has 2 rings (SSSR count). The first-order chi connectivity index (χ1) is 7.99. The fraction of sp³-hybridized carbons (Fsp3) is 0.500. The topological polar surface area (TPSA) is 72.6 Å². The van der Waals surface area contributed by atoms with Crippen LogP contribution in [0.15, 0.2) is 18.2 Å². The maximum absolute atomic E-state index is 10.7. The number of fused-ring (bicyclic) bond motifs is 1. The molecule has 3 atom stereocenters. The number of hydrogen-bond acceptors (Lipinski definition) is 4. The third-order valence-corrected chi connectivity index (χ3v) is 3.24. The number of rotatable bonds is 2. The van der Waals surface area contributed by atoms with E-state index in [-0.39, 0.29) is 23.3 Å². The summed E-state index contributed by atoms with van der Waals surface area (Å²) in [5, 5.41) is 20.4. The van der Waals surface area contributed by atoms with Crippen molar-refractivity contribution in [2.75, 3.05) is 6.54 Å². The van der Waals surface area contributed by atoms with Gasteiger partial charge in [-0.25, -0.2) is 0 Å². The smallest absolute Gasteiger partial charge is 0.211 e. The van der Waals surface area contributed by atoms with E-state index in [1.54, 1.807) is 13.0 Å². The van der Waals surface area contributed by atoms with Crippen molar-refractivity contribution in [3.63, 3.8) is 0 Å². The zero-order valence-electron chi connectivity index (χ0n) is 9.79. The van der Waals surface area contributed by atoms with Crippen molar-refractivity contribution in [1.82, 2.24) is 0 Å². The number of hydrogen-bond donors (Lipinski definition) is 1. The first kappa shape index (κ1) is 11.9. The molecule has 1 N–H and O–H groups in total. The van der Waals surface area contributed by atoms with Crippen LogP contribution in [0.25, 0.3) is 0 Å². The Balaban J connectivity index is 2.42. The Labute approximate surface area is 99.2 Å². The van der Waals surface area contributed by atoms with Crippen LogP contribution in [-0.4, -0.2) is 22.9 Å². The van der Waals surface area contributed by atoms with E-state index >= 15 is 0 Å². The molecule has 0 amide bonds. The van der Waals surface area contributed by atoms with Crippen molar-refractivity contribution in [3.05, 3.63) is 39.4 Å². The summed E-state index contributed by atoms with van der Waals surface area (Å²) in [5.74, 6) is -0.0357. The molecule has 5 nitrogen and oxygen atoms in total. The standard InChI is InChI=1S/C12H15NO4/c1-7-3-4-11-9(5-7)10(6-13(15)16)8(2)12(14)17-11/h3-5,8,10,12,14H,6H2,1-2H3/t8-,10+,12?/m0/s1. The van der Waals surface area contributed by atoms with Gasteiger partial charge in [-0.2, -0.15) is 0 Å². The van der Waals surface area contributed by atoms with Crippen LogP contribution in [0.2, 0.25) is 0 Å². The Hall–Kier alpha value is -1.62. The second kappa shape index (κ2) is 4.33. The van der Waals surface area contributed by atoms with Crippen molar-refractivity contribution in [2.45, 2.75) is 26.1 Å². The van der Waals surface area contributed by atoms with Crippen molar-refractivity contribution in [3.8, 4) is 5.75 Å². The summed E-state index contributed by atoms with van der Waals surface area (Å²) in [4.78, 5) is 10.4. The summed E-state index contributed by atoms with van der Waals surface area (Å²) in [6.07, 6.45) is -0.977. The lowest BCUT2D eigenvalue weighted by Gasteiger charge is -2.33. The number of nitrogens with zero attached hydrogens (tertiary/aromatic N) is 1. The molecule has 0 spiro atoms. The molecule has 1 unspecified atom stereocenters. The summed E-state index contributed by atoms with van der Waals surface area (Å²) in [7, 11) is 0. The predicted molar refractivity (Wildman–Crippen MR) is 61.6 cm³/mol. The Morgan fingerprint density at radius 1 is 1.53 bits per heavy atom. The molecule has 0 aliphatic carbocycles. The molecule has 1 aromatic rings. The number of aliphatic hydroxyl groups excluding tert-OH is 1. The average molecular weight is 237 g/mol. The number of nitro groups is 1. The van der Waals surface area contributed by atoms with Gasteiger partial charge in [-0.3, -0.25) is 10.1 Å². The van der Waals surface area contributed by atoms with E-state index in [1.165, 1.54) is 0 Å². The summed E-state index contributed by atoms with van der Waals surface area (Å²) in [5.41, 5.74) is 1.85. The molecule has 92 valence electrons. The number of ether oxygens (including phenoxy) is 1. The zero-order valence-corrected chi connectivity index (χ0v) is 9.79. The fourth-order valence-corrected chi connectivity index (χ4v) is 2.21. The lowest BCUT2D eigenvalue weighted by molar-refractivity contribution is -0.486. The average Bonchev–Trinajstić information content (AvgIpc) is 2.25. The van der Waals surface area contributed by atoms with Gasteiger partial charge in [0.2, 0.25) is 12.8 Å². The third-order valence-electron chi connectivity index (χ3n) is 3.24. The summed E-state index contributed by atoms with van der Waals surface area (Å²) < 4.78 is 5.34. The molecule has 17 heavy (non-hydrogen) atoms. The zero-order chi connectivity index (χ0) is 12.6. The van der Waals surface area contributed by atoms with Gasteiger partial charge in [0, 0.05) is 16.4 Å². The lowest BCUT2D eigenvalue weighted by atomic mass is 9.83. The molecule has 0 radical (unpaired) electrons. The summed E-state index contributed by atoms with van der Waals surface area (Å²) in [6, 6.07) is 5.52. The monoisotopic (exact) mass is 237 g/mol. The van der Waals surface area contributed by atoms with Crippen molar-refractivity contribution >= 4 is 0 Å². The Kier molecular flexibility index (Phi) is 3.02. The minimum absolute atomic E-state index is 0.182. The highest BCUT2D eigenvalue weighted by molar-refractivity contribution is 5.41. The van der Waals surface area contributed by atoms with E-state index in [0.717, 1.165) is 11.1 Å². The molecule has 5 heteroatoms. The Morgan fingerprint density at radius 2 is 2.24 bits per heavy atom. The molecule has 0 bridgehead atoms. The normalized spacial score (nSPS) is 27.1. The largest absolute Gasteiger partial charge is 0.465 e. The van der Waals surface area contributed by atoms with Gasteiger partial charge in [0.1, 0.15) is 5.75 Å². The molecule has 0 saturated heterocycles. The van der Waals surface area contributed by atoms with Crippen LogP contribution in [0.4, 0.5) is 0 Å². The molecule has 0 aromatic heterocycles. The SMILES string of the molecule is Cc1ccc2c(c1)[C@H](C[N+](=O)[O-])[C@H](C)C(O)O2. The van der Waals surface area contributed by atoms with E-state index in [1.807, 2.05) is 19.1 Å². The third kappa shape index (κ3) is 2.24. The minimum Gasteiger partial charge on any atom is -0.465 e. The predicted octanol–water partition coefficient (Wildman–Crippen LogP) is 1.70. The molecule has 1 heterocycles. The maximum atomic E-state index is 10.7. The molecule has 1 aliphatic rings. The van der Waals surface area contributed by atoms with Crippen LogP contribution in [0.1, 0.15) is 24.0 Å². The van der Waals surface area contributed by atoms with Gasteiger partial charge < -0.3 is 9.84 Å². The second-order valence-electron chi connectivity index (χ2n) is 4.53. The van der Waals surface area contributed by atoms with Crippen LogP contribution < -0.4 is 4.74 Å². The molecule has 0 saturated carbocycles. The highest BCUT2D eigenvalue weighted by Gasteiger charge is 2.37. The van der Waals surface area contributed by atoms with Crippen molar-refractivity contribution < 1.29 is 14.8 Å². The van der Waals surface area contributed by atoms with E-state index in [4.69, 9.17) is 4.74 Å². The fourth-order valence-electron chi connectivity index (χ4n) is 2.21. The molecule has 1 aromatic carbocycles. The Bertz CT molecular complexity index is 446. The summed E-state index contributed by atoms with van der Waals surface area (Å²) >= 11 is 0. The maximum Gasteiger partial charge on any atom is 0.211 e. The highest BCUT2D eigenvalue weighted by atomic mass is 16.6. The molecule has 0 fully saturated rings. The van der Waals surface area contributed by atoms with Gasteiger partial charge >= 0.3 is 0 Å². The number of aliphatic hydroxyl groups is 1. The number of aryl methyl sites for hydroxylation is 1. The second-order valence-corrected chi connectivity index (χ2v) is 4.53. The van der Waals surface area contributed by atoms with Crippen LogP contribution in [-0.2, 0) is 0 Å². The van der Waals surface area contributed by atoms with Gasteiger partial charge in [-0.05, 0) is 13.0 Å². The first-order valence-corrected chi connectivity index (χ1v) is 5.56. The molecular formula is C12H15NO4. The molecule has 1 aliphatic heterocycles. The van der Waals surface area contributed by atoms with E-state index in [0.29, 0.717) is 5.75 Å². The first-order valence-electron chi connectivity index (χ1n) is 5.56. The number of benzene rings is 1. The van der Waals surface area contributed by atoms with E-state index < -0.39 is 6.29 Å². The van der Waals surface area contributed by atoms with Crippen molar-refractivity contribution in [2.24, 2.45) is 5.92 Å². The van der Waals surface area contributed by atoms with Crippen LogP contribution >= 0.6 is 0 Å². The van der Waals surface area contributed by atoms with Crippen molar-refractivity contribution in [1.29, 1.82) is 0 Å². The quantitative estimate of drug-likeness (QED) is 0.627. The van der Waals surface area contributed by atoms with Gasteiger partial charge in [0.05, 0.1) is 5.92 Å². The summed E-state index contributed by atoms with van der Waals surface area (Å²) in [6.45, 7) is 3.52. The van der Waals surface area contributed by atoms with Gasteiger partial charge in [0.15, 0.2) is 0 Å². The van der Waals surface area contributed by atoms with Gasteiger partial charge in [-0.15, -0.1) is 0 Å². The lowest BCUT2D eigenvalue weighted by Crippen LogP contribution is -2.36. The van der Waals surface area contributed by atoms with E-state index in [2.05, 4.69) is 0 Å². The minimum atomic E-state index is -0.977. The van der Waals surface area contributed by atoms with Gasteiger partial charge in [0.25, 0.3) is 0 Å². The molecular weight excluding hydrogens is 222 g/mol. The highest BCUT2D eigenvalue weighted by Crippen LogP contribution is 2.39.